The molecule has 3 aliphatic rings. The van der Waals surface area contributed by atoms with Gasteiger partial charge < -0.3 is 25.8 Å². The maximum absolute atomic E-state index is 13.5. The van der Waals surface area contributed by atoms with Crippen molar-refractivity contribution in [2.45, 2.75) is 95.9 Å². The summed E-state index contributed by atoms with van der Waals surface area (Å²) in [6.07, 6.45) is 12.4. The van der Waals surface area contributed by atoms with Gasteiger partial charge in [0, 0.05) is 93.6 Å². The fourth-order valence-electron chi connectivity index (χ4n) is 9.64. The smallest absolute Gasteiger partial charge is 0.262 e. The summed E-state index contributed by atoms with van der Waals surface area (Å²) in [5.41, 5.74) is 5.28. The lowest BCUT2D eigenvalue weighted by molar-refractivity contribution is -0.136. The fraction of sp³-hybridized carbons (Fsp3) is 0.400. The highest BCUT2D eigenvalue weighted by Gasteiger charge is 2.44. The molecule has 1 aromatic heterocycles. The molecular weight excluding hydrogens is 899 g/mol. The summed E-state index contributed by atoms with van der Waals surface area (Å²) in [6.45, 7) is 3.97. The van der Waals surface area contributed by atoms with E-state index in [-0.39, 0.29) is 41.7 Å². The molecule has 0 aliphatic carbocycles. The van der Waals surface area contributed by atoms with Gasteiger partial charge in [-0.25, -0.2) is 0 Å². The first-order chi connectivity index (χ1) is 34.6. The van der Waals surface area contributed by atoms with Gasteiger partial charge in [0.15, 0.2) is 0 Å². The van der Waals surface area contributed by atoms with Gasteiger partial charge in [0.05, 0.1) is 28.3 Å². The summed E-state index contributed by atoms with van der Waals surface area (Å²) in [5.74, 6) is -2.04. The zero-order valence-electron chi connectivity index (χ0n) is 40.1. The number of nitriles is 1. The van der Waals surface area contributed by atoms with Crippen molar-refractivity contribution < 1.29 is 33.6 Å². The van der Waals surface area contributed by atoms with Gasteiger partial charge in [-0.3, -0.25) is 48.8 Å². The predicted octanol–water partition coefficient (Wildman–Crippen LogP) is 7.12. The van der Waals surface area contributed by atoms with E-state index in [1.54, 1.807) is 30.5 Å². The predicted molar refractivity (Wildman–Crippen MR) is 270 cm³/mol. The molecule has 71 heavy (non-hydrogen) atoms. The molecule has 368 valence electrons. The van der Waals surface area contributed by atoms with Crippen molar-refractivity contribution in [2.24, 2.45) is 0 Å². The Morgan fingerprint density at radius 3 is 2.21 bits per heavy atom. The summed E-state index contributed by atoms with van der Waals surface area (Å²) in [5, 5.41) is 24.2. The van der Waals surface area contributed by atoms with Crippen molar-refractivity contribution in [3.63, 3.8) is 0 Å². The van der Waals surface area contributed by atoms with Crippen LogP contribution in [0, 0.1) is 11.3 Å². The Hall–Kier alpha value is -7.67. The number of hydrogen-bond donors (Lipinski definition) is 4. The van der Waals surface area contributed by atoms with Crippen molar-refractivity contribution in [3.05, 3.63) is 113 Å². The molecule has 8 rings (SSSR count). The van der Waals surface area contributed by atoms with Crippen LogP contribution in [0.1, 0.15) is 126 Å². The lowest BCUT2D eigenvalue weighted by Gasteiger charge is -2.35. The van der Waals surface area contributed by atoms with Crippen molar-refractivity contribution in [3.8, 4) is 6.07 Å². The largest absolute Gasteiger partial charge is 0.385 e. The number of rotatable bonds is 22. The third-order valence-corrected chi connectivity index (χ3v) is 13.7. The van der Waals surface area contributed by atoms with Crippen molar-refractivity contribution in [1.29, 1.82) is 5.26 Å². The number of anilines is 2. The SMILES string of the molecule is N#Cc1ccc2nccc(NCCc3ccc4cc(C(=O)N5CCN(C(=O)CCCCCCCCCCNC(=O)CCCNc6ccc7c(c6)C(=O)N(C6CCC(=O)NC6=O)C7=O)CC5)ccc4c3)c2c1. The van der Waals surface area contributed by atoms with Gasteiger partial charge in [-0.15, -0.1) is 0 Å². The average Bonchev–Trinajstić information content (AvgIpc) is 3.63. The van der Waals surface area contributed by atoms with Gasteiger partial charge in [-0.05, 0) is 103 Å². The molecule has 4 N–H and O–H groups in total. The van der Waals surface area contributed by atoms with Crippen LogP contribution in [-0.4, -0.2) is 113 Å². The maximum atomic E-state index is 13.5. The molecule has 4 aromatic carbocycles. The molecule has 7 amide bonds. The van der Waals surface area contributed by atoms with Gasteiger partial charge in [-0.2, -0.15) is 5.26 Å². The van der Waals surface area contributed by atoms with E-state index in [1.165, 1.54) is 5.56 Å². The number of piperidine rings is 1. The van der Waals surface area contributed by atoms with E-state index in [4.69, 9.17) is 0 Å². The molecule has 1 atom stereocenters. The highest BCUT2D eigenvalue weighted by atomic mass is 16.2. The molecule has 16 nitrogen and oxygen atoms in total. The van der Waals surface area contributed by atoms with Crippen LogP contribution in [0.3, 0.4) is 0 Å². The lowest BCUT2D eigenvalue weighted by Crippen LogP contribution is -2.54. The van der Waals surface area contributed by atoms with Crippen LogP contribution in [0.2, 0.25) is 0 Å². The van der Waals surface area contributed by atoms with Crippen LogP contribution in [0.15, 0.2) is 85.1 Å². The summed E-state index contributed by atoms with van der Waals surface area (Å²) in [4.78, 5) is 97.8. The molecule has 3 aliphatic heterocycles. The number of carbonyl (C=O) groups is 7. The Labute approximate surface area is 413 Å². The number of nitrogens with zero attached hydrogens (tertiary/aromatic N) is 5. The van der Waals surface area contributed by atoms with Gasteiger partial charge in [0.25, 0.3) is 17.7 Å². The minimum Gasteiger partial charge on any atom is -0.385 e. The Balaban J connectivity index is 0.630. The standard InChI is InChI=1S/C55H61N9O7/c56-36-38-13-19-46-45(33-38)47(23-27-59-46)58-26-22-37-12-14-40-34-41(16-15-39(40)32-37)53(69)63-30-28-62(29-31-63)51(67)11-7-5-3-1-2-4-6-8-24-60-49(65)10-9-25-57-42-17-18-43-44(35-42)55(71)64(54(43)70)48-20-21-50(66)61-52(48)68/h12-19,23,27,32-35,48,57H,1-11,20-22,24-26,28-31H2,(H,58,59)(H,60,65)(H,61,66,68). The molecule has 4 heterocycles. The first kappa shape index (κ1) is 49.7. The van der Waals surface area contributed by atoms with Crippen LogP contribution in [-0.2, 0) is 25.6 Å². The van der Waals surface area contributed by atoms with Gasteiger partial charge >= 0.3 is 0 Å². The molecule has 16 heteroatoms. The third-order valence-electron chi connectivity index (χ3n) is 13.7. The number of hydrogen-bond acceptors (Lipinski definition) is 11. The molecular formula is C55H61N9O7. The van der Waals surface area contributed by atoms with Crippen molar-refractivity contribution in [2.75, 3.05) is 56.4 Å². The number of aromatic nitrogens is 1. The monoisotopic (exact) mass is 959 g/mol. The quantitative estimate of drug-likeness (QED) is 0.0405. The summed E-state index contributed by atoms with van der Waals surface area (Å²) in [7, 11) is 0. The van der Waals surface area contributed by atoms with E-state index in [9.17, 15) is 38.8 Å². The number of benzene rings is 4. The number of piperazine rings is 1. The van der Waals surface area contributed by atoms with E-state index < -0.39 is 29.7 Å². The number of amides is 7. The van der Waals surface area contributed by atoms with Crippen LogP contribution in [0.5, 0.6) is 0 Å². The number of fused-ring (bicyclic) bond motifs is 3. The van der Waals surface area contributed by atoms with Crippen LogP contribution < -0.4 is 21.3 Å². The number of imide groups is 2. The second-order valence-corrected chi connectivity index (χ2v) is 18.6. The van der Waals surface area contributed by atoms with Gasteiger partial charge in [0.2, 0.25) is 23.6 Å². The number of pyridine rings is 1. The average molecular weight is 960 g/mol. The van der Waals surface area contributed by atoms with Crippen LogP contribution in [0.25, 0.3) is 21.7 Å². The Kier molecular flexibility index (Phi) is 16.6. The molecule has 1 unspecified atom stereocenters. The number of nitrogens with one attached hydrogen (secondary N) is 4. The molecule has 0 radical (unpaired) electrons. The highest BCUT2D eigenvalue weighted by Crippen LogP contribution is 2.30. The maximum Gasteiger partial charge on any atom is 0.262 e. The minimum atomic E-state index is -1.01. The topological polar surface area (TPSA) is 214 Å². The van der Waals surface area contributed by atoms with E-state index in [0.29, 0.717) is 81.9 Å². The molecule has 0 spiro atoms. The molecule has 2 fully saturated rings. The summed E-state index contributed by atoms with van der Waals surface area (Å²) >= 11 is 0. The zero-order chi connectivity index (χ0) is 49.7. The van der Waals surface area contributed by atoms with E-state index in [0.717, 1.165) is 90.1 Å². The van der Waals surface area contributed by atoms with Gasteiger partial charge in [-0.1, -0.05) is 62.8 Å². The Morgan fingerprint density at radius 1 is 0.690 bits per heavy atom. The Bertz CT molecular complexity index is 2870. The second kappa shape index (κ2) is 23.8. The second-order valence-electron chi connectivity index (χ2n) is 18.6. The first-order valence-corrected chi connectivity index (χ1v) is 25.0. The third kappa shape index (κ3) is 12.6. The molecule has 2 saturated heterocycles. The zero-order valence-corrected chi connectivity index (χ0v) is 40.1. The molecule has 0 bridgehead atoms. The number of unbranched alkanes of at least 4 members (excludes halogenated alkanes) is 7. The molecule has 0 saturated carbocycles. The van der Waals surface area contributed by atoms with Gasteiger partial charge in [0.1, 0.15) is 6.04 Å². The Morgan fingerprint density at radius 2 is 1.42 bits per heavy atom. The lowest BCUT2D eigenvalue weighted by atomic mass is 10.0. The fourth-order valence-corrected chi connectivity index (χ4v) is 9.64. The van der Waals surface area contributed by atoms with Crippen molar-refractivity contribution in [1.82, 2.24) is 30.3 Å². The minimum absolute atomic E-state index is 0.0118. The van der Waals surface area contributed by atoms with Crippen LogP contribution in [0.4, 0.5) is 11.4 Å². The molecule has 5 aromatic rings. The summed E-state index contributed by atoms with van der Waals surface area (Å²) in [6, 6.07) is 25.6. The van der Waals surface area contributed by atoms with E-state index in [2.05, 4.69) is 50.5 Å². The van der Waals surface area contributed by atoms with E-state index in [1.807, 2.05) is 46.2 Å². The normalized spacial score (nSPS) is 15.7. The first-order valence-electron chi connectivity index (χ1n) is 25.0. The highest BCUT2D eigenvalue weighted by molar-refractivity contribution is 6.23. The van der Waals surface area contributed by atoms with E-state index >= 15 is 0 Å². The summed E-state index contributed by atoms with van der Waals surface area (Å²) < 4.78 is 0. The van der Waals surface area contributed by atoms with Crippen molar-refractivity contribution >= 4 is 74.4 Å². The number of carbonyl (C=O) groups excluding carboxylic acids is 7. The van der Waals surface area contributed by atoms with Crippen LogP contribution >= 0.6 is 0 Å².